The van der Waals surface area contributed by atoms with Gasteiger partial charge in [0.2, 0.25) is 17.7 Å². The van der Waals surface area contributed by atoms with Crippen molar-refractivity contribution in [2.24, 2.45) is 0 Å². The van der Waals surface area contributed by atoms with Gasteiger partial charge in [0.25, 0.3) is 0 Å². The van der Waals surface area contributed by atoms with Gasteiger partial charge in [-0.15, -0.1) is 0 Å². The topological polar surface area (TPSA) is 78.5 Å². The van der Waals surface area contributed by atoms with E-state index in [1.165, 1.54) is 25.8 Å². The van der Waals surface area contributed by atoms with E-state index in [1.807, 2.05) is 0 Å². The first-order valence-electron chi connectivity index (χ1n) is 9.69. The van der Waals surface area contributed by atoms with Crippen LogP contribution >= 0.6 is 0 Å². The average molecular weight is 453 g/mol. The molecule has 0 aromatic heterocycles. The van der Waals surface area contributed by atoms with Crippen molar-refractivity contribution < 1.29 is 31.9 Å². The van der Waals surface area contributed by atoms with Gasteiger partial charge in [0.05, 0.1) is 6.42 Å². The monoisotopic (exact) mass is 453 g/mol. The van der Waals surface area contributed by atoms with Crippen LogP contribution in [0.25, 0.3) is 0 Å². The van der Waals surface area contributed by atoms with E-state index in [-0.39, 0.29) is 24.1 Å². The number of hydrogen-bond donors (Lipinski definition) is 2. The number of amides is 3. The third kappa shape index (κ3) is 7.36. The summed E-state index contributed by atoms with van der Waals surface area (Å²) >= 11 is 0. The quantitative estimate of drug-likeness (QED) is 0.603. The van der Waals surface area contributed by atoms with E-state index in [2.05, 4.69) is 10.6 Å². The third-order valence-electron chi connectivity index (χ3n) is 4.51. The summed E-state index contributed by atoms with van der Waals surface area (Å²) in [4.78, 5) is 38.0. The standard InChI is InChI=1S/C22H23F4N3O3/c1-12(27-20(30)8-14-4-16(23)9-17(24)5-14)21(31)28-13(2)22(32)29(3)11-15-6-18(25)10-19(26)7-15/h4-7,9-10,12-13H,8,11H2,1-3H3,(H,27,30)(H,28,31)/t12-,13-/m0/s1. The molecule has 0 fully saturated rings. The molecule has 0 bridgehead atoms. The average Bonchev–Trinajstić information content (AvgIpc) is 2.65. The first-order chi connectivity index (χ1) is 14.9. The normalized spacial score (nSPS) is 12.6. The highest BCUT2D eigenvalue weighted by molar-refractivity contribution is 5.91. The zero-order valence-electron chi connectivity index (χ0n) is 17.7. The zero-order chi connectivity index (χ0) is 24.0. The van der Waals surface area contributed by atoms with Crippen molar-refractivity contribution in [3.8, 4) is 0 Å². The molecule has 32 heavy (non-hydrogen) atoms. The van der Waals surface area contributed by atoms with Crippen molar-refractivity contribution in [3.63, 3.8) is 0 Å². The van der Waals surface area contributed by atoms with Crippen LogP contribution in [0.3, 0.4) is 0 Å². The molecule has 2 atom stereocenters. The van der Waals surface area contributed by atoms with Gasteiger partial charge in [0.1, 0.15) is 35.4 Å². The number of benzene rings is 2. The van der Waals surface area contributed by atoms with Gasteiger partial charge < -0.3 is 15.5 Å². The Morgan fingerprint density at radius 2 is 1.25 bits per heavy atom. The Hall–Kier alpha value is -3.43. The van der Waals surface area contributed by atoms with Crippen molar-refractivity contribution in [1.82, 2.24) is 15.5 Å². The lowest BCUT2D eigenvalue weighted by atomic mass is 10.1. The molecule has 10 heteroatoms. The zero-order valence-corrected chi connectivity index (χ0v) is 17.7. The molecule has 6 nitrogen and oxygen atoms in total. The number of nitrogens with zero attached hydrogens (tertiary/aromatic N) is 1. The molecule has 0 saturated carbocycles. The van der Waals surface area contributed by atoms with Gasteiger partial charge in [-0.05, 0) is 49.2 Å². The summed E-state index contributed by atoms with van der Waals surface area (Å²) in [6, 6.07) is 3.59. The summed E-state index contributed by atoms with van der Waals surface area (Å²) < 4.78 is 53.1. The summed E-state index contributed by atoms with van der Waals surface area (Å²) in [5.41, 5.74) is 0.345. The van der Waals surface area contributed by atoms with Crippen LogP contribution in [0.4, 0.5) is 17.6 Å². The van der Waals surface area contributed by atoms with Crippen LogP contribution in [-0.2, 0) is 27.3 Å². The Balaban J connectivity index is 1.88. The third-order valence-corrected chi connectivity index (χ3v) is 4.51. The predicted octanol–water partition coefficient (Wildman–Crippen LogP) is 2.45. The van der Waals surface area contributed by atoms with Gasteiger partial charge in [-0.1, -0.05) is 0 Å². The molecule has 0 unspecified atom stereocenters. The highest BCUT2D eigenvalue weighted by Crippen LogP contribution is 2.11. The van der Waals surface area contributed by atoms with Gasteiger partial charge >= 0.3 is 0 Å². The predicted molar refractivity (Wildman–Crippen MR) is 108 cm³/mol. The molecule has 0 saturated heterocycles. The molecule has 2 N–H and O–H groups in total. The smallest absolute Gasteiger partial charge is 0.244 e. The number of rotatable bonds is 8. The lowest BCUT2D eigenvalue weighted by molar-refractivity contribution is -0.136. The Labute approximate surface area is 182 Å². The molecule has 2 aromatic carbocycles. The maximum absolute atomic E-state index is 13.3. The van der Waals surface area contributed by atoms with E-state index < -0.39 is 53.1 Å². The Morgan fingerprint density at radius 1 is 0.781 bits per heavy atom. The summed E-state index contributed by atoms with van der Waals surface area (Å²) in [5, 5.41) is 4.83. The van der Waals surface area contributed by atoms with Crippen molar-refractivity contribution in [2.45, 2.75) is 38.9 Å². The van der Waals surface area contributed by atoms with Gasteiger partial charge in [0.15, 0.2) is 0 Å². The molecule has 2 aromatic rings. The minimum absolute atomic E-state index is 0.0792. The fourth-order valence-corrected chi connectivity index (χ4v) is 3.04. The number of halogens is 4. The van der Waals surface area contributed by atoms with E-state index in [1.54, 1.807) is 0 Å². The van der Waals surface area contributed by atoms with Crippen LogP contribution in [0.1, 0.15) is 25.0 Å². The first kappa shape index (κ1) is 24.8. The summed E-state index contributed by atoms with van der Waals surface area (Å²) in [5.74, 6) is -5.00. The molecule has 0 aliphatic rings. The van der Waals surface area contributed by atoms with Crippen LogP contribution < -0.4 is 10.6 Å². The van der Waals surface area contributed by atoms with Crippen LogP contribution in [-0.4, -0.2) is 41.8 Å². The molecule has 0 radical (unpaired) electrons. The van der Waals surface area contributed by atoms with Crippen molar-refractivity contribution in [1.29, 1.82) is 0 Å². The molecule has 0 aliphatic carbocycles. The summed E-state index contributed by atoms with van der Waals surface area (Å²) in [6.07, 6.45) is -0.340. The van der Waals surface area contributed by atoms with Gasteiger partial charge in [-0.3, -0.25) is 14.4 Å². The first-order valence-corrected chi connectivity index (χ1v) is 9.69. The fourth-order valence-electron chi connectivity index (χ4n) is 3.04. The Morgan fingerprint density at radius 3 is 1.75 bits per heavy atom. The van der Waals surface area contributed by atoms with Gasteiger partial charge in [0, 0.05) is 25.7 Å². The SMILES string of the molecule is C[C@H](NC(=O)Cc1cc(F)cc(F)c1)C(=O)N[C@@H](C)C(=O)N(C)Cc1cc(F)cc(F)c1. The minimum atomic E-state index is -1.03. The largest absolute Gasteiger partial charge is 0.344 e. The Kier molecular flexibility index (Phi) is 8.34. The van der Waals surface area contributed by atoms with Crippen molar-refractivity contribution in [3.05, 3.63) is 70.8 Å². The highest BCUT2D eigenvalue weighted by atomic mass is 19.1. The lowest BCUT2D eigenvalue weighted by Gasteiger charge is -2.23. The molecule has 172 valence electrons. The van der Waals surface area contributed by atoms with Crippen molar-refractivity contribution in [2.75, 3.05) is 7.05 Å². The maximum Gasteiger partial charge on any atom is 0.244 e. The maximum atomic E-state index is 13.3. The molecule has 3 amide bonds. The minimum Gasteiger partial charge on any atom is -0.344 e. The molecule has 0 heterocycles. The second kappa shape index (κ2) is 10.7. The van der Waals surface area contributed by atoms with E-state index in [4.69, 9.17) is 0 Å². The highest BCUT2D eigenvalue weighted by Gasteiger charge is 2.23. The molecular weight excluding hydrogens is 430 g/mol. The number of hydrogen-bond acceptors (Lipinski definition) is 3. The number of nitrogens with one attached hydrogen (secondary N) is 2. The summed E-state index contributed by atoms with van der Waals surface area (Å²) in [7, 11) is 1.41. The van der Waals surface area contributed by atoms with Crippen LogP contribution in [0, 0.1) is 23.3 Å². The van der Waals surface area contributed by atoms with Gasteiger partial charge in [-0.2, -0.15) is 0 Å². The van der Waals surface area contributed by atoms with Crippen LogP contribution in [0.2, 0.25) is 0 Å². The Bertz CT molecular complexity index is 975. The number of likely N-dealkylation sites (N-methyl/N-ethyl adjacent to an activating group) is 1. The molecule has 0 spiro atoms. The van der Waals surface area contributed by atoms with Gasteiger partial charge in [-0.25, -0.2) is 17.6 Å². The van der Waals surface area contributed by atoms with Crippen LogP contribution in [0.5, 0.6) is 0 Å². The van der Waals surface area contributed by atoms with Crippen molar-refractivity contribution >= 4 is 17.7 Å². The number of carbonyl (C=O) groups is 3. The van der Waals surface area contributed by atoms with E-state index >= 15 is 0 Å². The molecule has 0 aliphatic heterocycles. The fraction of sp³-hybridized carbons (Fsp3) is 0.318. The second-order valence-corrected chi connectivity index (χ2v) is 7.45. The van der Waals surface area contributed by atoms with E-state index in [0.29, 0.717) is 12.1 Å². The second-order valence-electron chi connectivity index (χ2n) is 7.45. The van der Waals surface area contributed by atoms with Crippen LogP contribution in [0.15, 0.2) is 36.4 Å². The van der Waals surface area contributed by atoms with E-state index in [0.717, 1.165) is 24.3 Å². The lowest BCUT2D eigenvalue weighted by Crippen LogP contribution is -2.52. The summed E-state index contributed by atoms with van der Waals surface area (Å²) in [6.45, 7) is 2.73. The molecular formula is C22H23F4N3O3. The number of carbonyl (C=O) groups excluding carboxylic acids is 3. The van der Waals surface area contributed by atoms with E-state index in [9.17, 15) is 31.9 Å². The molecule has 2 rings (SSSR count).